The van der Waals surface area contributed by atoms with Crippen molar-refractivity contribution in [1.29, 1.82) is 0 Å². The third-order valence-corrected chi connectivity index (χ3v) is 4.26. The van der Waals surface area contributed by atoms with Gasteiger partial charge in [-0.15, -0.1) is 0 Å². The van der Waals surface area contributed by atoms with E-state index >= 15 is 0 Å². The second-order valence-corrected chi connectivity index (χ2v) is 5.47. The molecule has 0 bridgehead atoms. The molecule has 1 aromatic heterocycles. The van der Waals surface area contributed by atoms with E-state index in [1.54, 1.807) is 6.07 Å². The molecule has 8 nitrogen and oxygen atoms in total. The first kappa shape index (κ1) is 15.8. The maximum absolute atomic E-state index is 12.4. The highest BCUT2D eigenvalue weighted by Gasteiger charge is 2.27. The molecular weight excluding hydrogens is 272 g/mol. The number of pyridine rings is 1. The Morgan fingerprint density at radius 1 is 1.53 bits per heavy atom. The first-order valence-corrected chi connectivity index (χ1v) is 7.03. The smallest absolute Gasteiger partial charge is 0.262 e. The molecule has 0 amide bonds. The third kappa shape index (κ3) is 3.85. The Labute approximate surface area is 112 Å². The van der Waals surface area contributed by atoms with Gasteiger partial charge in [0, 0.05) is 26.4 Å². The van der Waals surface area contributed by atoms with E-state index in [0.29, 0.717) is 0 Å². The van der Waals surface area contributed by atoms with Crippen molar-refractivity contribution >= 4 is 15.7 Å². The number of aromatic nitrogens is 1. The fourth-order valence-corrected chi connectivity index (χ4v) is 2.97. The SMILES string of the molecule is COCCN(CCO)S(=O)(=O)c1ncccc1NN. The summed E-state index contributed by atoms with van der Waals surface area (Å²) >= 11 is 0. The van der Waals surface area contributed by atoms with E-state index in [-0.39, 0.29) is 37.0 Å². The maximum atomic E-state index is 12.4. The number of anilines is 1. The summed E-state index contributed by atoms with van der Waals surface area (Å²) in [6.07, 6.45) is 1.36. The lowest BCUT2D eigenvalue weighted by atomic mass is 10.4. The van der Waals surface area contributed by atoms with Crippen molar-refractivity contribution < 1.29 is 18.3 Å². The molecule has 0 saturated carbocycles. The van der Waals surface area contributed by atoms with E-state index in [0.717, 1.165) is 4.31 Å². The van der Waals surface area contributed by atoms with Crippen LogP contribution >= 0.6 is 0 Å². The number of sulfonamides is 1. The molecule has 0 aliphatic carbocycles. The molecule has 9 heteroatoms. The van der Waals surface area contributed by atoms with Crippen molar-refractivity contribution in [1.82, 2.24) is 9.29 Å². The number of hydrogen-bond acceptors (Lipinski definition) is 7. The Hall–Kier alpha value is -1.26. The molecule has 1 rings (SSSR count). The molecule has 1 aromatic rings. The van der Waals surface area contributed by atoms with Crippen LogP contribution in [0.4, 0.5) is 5.69 Å². The van der Waals surface area contributed by atoms with Crippen LogP contribution < -0.4 is 11.3 Å². The molecule has 108 valence electrons. The lowest BCUT2D eigenvalue weighted by Gasteiger charge is -2.21. The second kappa shape index (κ2) is 7.36. The van der Waals surface area contributed by atoms with Crippen LogP contribution in [-0.2, 0) is 14.8 Å². The Kier molecular flexibility index (Phi) is 6.12. The second-order valence-electron chi connectivity index (χ2n) is 3.62. The number of nitrogens with one attached hydrogen (secondary N) is 1. The maximum Gasteiger partial charge on any atom is 0.262 e. The van der Waals surface area contributed by atoms with Crippen molar-refractivity contribution in [3.63, 3.8) is 0 Å². The minimum Gasteiger partial charge on any atom is -0.395 e. The summed E-state index contributed by atoms with van der Waals surface area (Å²) in [7, 11) is -2.37. The molecule has 0 spiro atoms. The fourth-order valence-electron chi connectivity index (χ4n) is 1.49. The van der Waals surface area contributed by atoms with E-state index in [2.05, 4.69) is 10.4 Å². The quantitative estimate of drug-likeness (QED) is 0.415. The van der Waals surface area contributed by atoms with Gasteiger partial charge < -0.3 is 15.3 Å². The van der Waals surface area contributed by atoms with Crippen molar-refractivity contribution in [3.8, 4) is 0 Å². The molecule has 0 aliphatic heterocycles. The summed E-state index contributed by atoms with van der Waals surface area (Å²) in [6.45, 7) is 0.0187. The van der Waals surface area contributed by atoms with Gasteiger partial charge in [-0.1, -0.05) is 0 Å². The molecule has 19 heavy (non-hydrogen) atoms. The van der Waals surface area contributed by atoms with Gasteiger partial charge in [0.05, 0.1) is 18.9 Å². The van der Waals surface area contributed by atoms with E-state index in [1.165, 1.54) is 19.4 Å². The van der Waals surface area contributed by atoms with Crippen molar-refractivity contribution in [2.75, 3.05) is 38.8 Å². The summed E-state index contributed by atoms with van der Waals surface area (Å²) in [5.41, 5.74) is 2.49. The van der Waals surface area contributed by atoms with Crippen LogP contribution in [0.1, 0.15) is 0 Å². The van der Waals surface area contributed by atoms with Crippen LogP contribution in [-0.4, -0.2) is 56.2 Å². The van der Waals surface area contributed by atoms with Gasteiger partial charge in [0.1, 0.15) is 0 Å². The predicted octanol–water partition coefficient (Wildman–Crippen LogP) is -1.00. The number of hydrogen-bond donors (Lipinski definition) is 3. The standard InChI is InChI=1S/C10H18N4O4S/c1-18-8-6-14(5-7-15)19(16,17)10-9(13-11)3-2-4-12-10/h2-4,13,15H,5-8,11H2,1H3. The molecule has 4 N–H and O–H groups in total. The van der Waals surface area contributed by atoms with E-state index < -0.39 is 10.0 Å². The number of methoxy groups -OCH3 is 1. The number of nitrogens with zero attached hydrogens (tertiary/aromatic N) is 2. The van der Waals surface area contributed by atoms with Crippen LogP contribution in [0.25, 0.3) is 0 Å². The van der Waals surface area contributed by atoms with Crippen LogP contribution in [0.2, 0.25) is 0 Å². The van der Waals surface area contributed by atoms with Gasteiger partial charge in [-0.25, -0.2) is 13.4 Å². The van der Waals surface area contributed by atoms with Crippen molar-refractivity contribution in [2.24, 2.45) is 5.84 Å². The average Bonchev–Trinajstić information content (AvgIpc) is 2.43. The Balaban J connectivity index is 3.11. The van der Waals surface area contributed by atoms with Gasteiger partial charge in [0.25, 0.3) is 10.0 Å². The zero-order valence-corrected chi connectivity index (χ0v) is 11.4. The highest BCUT2D eigenvalue weighted by atomic mass is 32.2. The van der Waals surface area contributed by atoms with Crippen molar-refractivity contribution in [3.05, 3.63) is 18.3 Å². The Morgan fingerprint density at radius 3 is 2.84 bits per heavy atom. The molecule has 0 atom stereocenters. The number of rotatable bonds is 8. The van der Waals surface area contributed by atoms with Gasteiger partial charge in [0.15, 0.2) is 5.03 Å². The van der Waals surface area contributed by atoms with Crippen LogP contribution in [0.15, 0.2) is 23.4 Å². The number of aliphatic hydroxyl groups excluding tert-OH is 1. The van der Waals surface area contributed by atoms with Gasteiger partial charge in [-0.3, -0.25) is 5.84 Å². The number of nitrogen functional groups attached to an aromatic ring is 1. The van der Waals surface area contributed by atoms with Crippen LogP contribution in [0.5, 0.6) is 0 Å². The first-order valence-electron chi connectivity index (χ1n) is 5.59. The summed E-state index contributed by atoms with van der Waals surface area (Å²) in [6, 6.07) is 3.08. The number of aliphatic hydroxyl groups is 1. The van der Waals surface area contributed by atoms with E-state index in [4.69, 9.17) is 15.7 Å². The molecule has 0 radical (unpaired) electrons. The highest BCUT2D eigenvalue weighted by Crippen LogP contribution is 2.20. The predicted molar refractivity (Wildman–Crippen MR) is 69.8 cm³/mol. The normalized spacial score (nSPS) is 11.8. The monoisotopic (exact) mass is 290 g/mol. The Morgan fingerprint density at radius 2 is 2.26 bits per heavy atom. The highest BCUT2D eigenvalue weighted by molar-refractivity contribution is 7.89. The lowest BCUT2D eigenvalue weighted by molar-refractivity contribution is 0.168. The molecule has 0 aliphatic rings. The van der Waals surface area contributed by atoms with Gasteiger partial charge in [-0.2, -0.15) is 4.31 Å². The zero-order valence-electron chi connectivity index (χ0n) is 10.6. The minimum absolute atomic E-state index is 0.0354. The van der Waals surface area contributed by atoms with E-state index in [9.17, 15) is 8.42 Å². The zero-order chi connectivity index (χ0) is 14.3. The van der Waals surface area contributed by atoms with Crippen LogP contribution in [0, 0.1) is 0 Å². The van der Waals surface area contributed by atoms with Gasteiger partial charge in [-0.05, 0) is 12.1 Å². The molecule has 0 saturated heterocycles. The van der Waals surface area contributed by atoms with Gasteiger partial charge in [0.2, 0.25) is 0 Å². The summed E-state index contributed by atoms with van der Waals surface area (Å²) in [5, 5.41) is 8.79. The van der Waals surface area contributed by atoms with E-state index in [1.807, 2.05) is 0 Å². The number of ether oxygens (including phenoxy) is 1. The summed E-state index contributed by atoms with van der Waals surface area (Å²) in [5.74, 6) is 5.27. The molecular formula is C10H18N4O4S. The average molecular weight is 290 g/mol. The molecule has 0 aromatic carbocycles. The largest absolute Gasteiger partial charge is 0.395 e. The van der Waals surface area contributed by atoms with Gasteiger partial charge >= 0.3 is 0 Å². The van der Waals surface area contributed by atoms with Crippen molar-refractivity contribution in [2.45, 2.75) is 5.03 Å². The molecule has 1 heterocycles. The number of hydrazine groups is 1. The topological polar surface area (TPSA) is 118 Å². The molecule has 0 fully saturated rings. The third-order valence-electron chi connectivity index (χ3n) is 2.41. The number of nitrogens with two attached hydrogens (primary N) is 1. The lowest BCUT2D eigenvalue weighted by Crippen LogP contribution is -2.37. The van der Waals surface area contributed by atoms with Crippen LogP contribution in [0.3, 0.4) is 0 Å². The molecule has 0 unspecified atom stereocenters. The Bertz CT molecular complexity index is 494. The first-order chi connectivity index (χ1) is 9.07. The summed E-state index contributed by atoms with van der Waals surface area (Å²) in [4.78, 5) is 3.84. The summed E-state index contributed by atoms with van der Waals surface area (Å²) < 4.78 is 30.8. The minimum atomic E-state index is -3.84. The fraction of sp³-hybridized carbons (Fsp3) is 0.500.